The Morgan fingerprint density at radius 2 is 1.74 bits per heavy atom. The standard InChI is InChI=1S/C30H34N2O7/c1-29(8-5-4-6-9-29)10-7-15-13-19(32(2)3)18-12-16-11-17-14-20(33)23(28(31)38)27(37)30(17,39)26(36)21(16)25(35)22(18)24(15)34/h13,16-17,21,23,34,39H,4-6,8-9,11-12,14H2,1-3H3,(H2,31,38)/t16-,17+,21?,23?,30+/m1/s1. The number of Topliss-reactive ketones (excluding diaryl/α,β-unsaturated/α-hetero) is 4. The quantitative estimate of drug-likeness (QED) is 0.383. The normalized spacial score (nSPS) is 31.4. The highest BCUT2D eigenvalue weighted by atomic mass is 16.3. The van der Waals surface area contributed by atoms with E-state index in [0.29, 0.717) is 11.3 Å². The van der Waals surface area contributed by atoms with Crippen LogP contribution in [0.1, 0.15) is 73.4 Å². The Balaban J connectivity index is 1.60. The van der Waals surface area contributed by atoms with Crippen LogP contribution in [-0.4, -0.2) is 58.9 Å². The molecule has 1 aromatic rings. The van der Waals surface area contributed by atoms with E-state index in [1.165, 1.54) is 6.42 Å². The highest BCUT2D eigenvalue weighted by Crippen LogP contribution is 2.51. The highest BCUT2D eigenvalue weighted by Gasteiger charge is 2.66. The lowest BCUT2D eigenvalue weighted by molar-refractivity contribution is -0.175. The van der Waals surface area contributed by atoms with Gasteiger partial charge in [-0.05, 0) is 50.2 Å². The van der Waals surface area contributed by atoms with Crippen LogP contribution in [0.3, 0.4) is 0 Å². The number of nitrogens with two attached hydrogens (primary N) is 1. The highest BCUT2D eigenvalue weighted by molar-refractivity contribution is 6.31. The molecule has 5 atom stereocenters. The average molecular weight is 535 g/mol. The zero-order valence-electron chi connectivity index (χ0n) is 22.5. The predicted octanol–water partition coefficient (Wildman–Crippen LogP) is 1.71. The molecule has 4 aliphatic rings. The fourth-order valence-corrected chi connectivity index (χ4v) is 7.18. The molecule has 0 aromatic heterocycles. The first-order valence-corrected chi connectivity index (χ1v) is 13.6. The van der Waals surface area contributed by atoms with Crippen molar-refractivity contribution in [3.63, 3.8) is 0 Å². The molecule has 0 saturated heterocycles. The van der Waals surface area contributed by atoms with E-state index in [4.69, 9.17) is 5.73 Å². The number of primary amides is 1. The second kappa shape index (κ2) is 9.30. The van der Waals surface area contributed by atoms with E-state index in [1.54, 1.807) is 6.07 Å². The molecule has 5 rings (SSSR count). The summed E-state index contributed by atoms with van der Waals surface area (Å²) in [5, 5.41) is 22.7. The van der Waals surface area contributed by atoms with Crippen LogP contribution < -0.4 is 10.6 Å². The van der Waals surface area contributed by atoms with Crippen LogP contribution >= 0.6 is 0 Å². The number of carbonyl (C=O) groups is 5. The number of phenolic OH excluding ortho intramolecular Hbond substituents is 1. The van der Waals surface area contributed by atoms with Gasteiger partial charge in [-0.1, -0.05) is 31.1 Å². The number of nitrogens with zero attached hydrogens (tertiary/aromatic N) is 1. The van der Waals surface area contributed by atoms with Crippen LogP contribution in [0, 0.1) is 40.9 Å². The lowest BCUT2D eigenvalue weighted by Crippen LogP contribution is -2.68. The number of amides is 1. The van der Waals surface area contributed by atoms with Crippen molar-refractivity contribution in [1.82, 2.24) is 0 Å². The van der Waals surface area contributed by atoms with Crippen molar-refractivity contribution in [1.29, 1.82) is 0 Å². The van der Waals surface area contributed by atoms with Gasteiger partial charge in [0, 0.05) is 37.5 Å². The molecule has 0 aliphatic heterocycles. The van der Waals surface area contributed by atoms with E-state index in [0.717, 1.165) is 25.7 Å². The number of rotatable bonds is 2. The smallest absolute Gasteiger partial charge is 0.235 e. The largest absolute Gasteiger partial charge is 0.506 e. The Bertz CT molecular complexity index is 1380. The molecule has 9 heteroatoms. The maximum Gasteiger partial charge on any atom is 0.235 e. The van der Waals surface area contributed by atoms with E-state index >= 15 is 0 Å². The number of hydrogen-bond acceptors (Lipinski definition) is 8. The van der Waals surface area contributed by atoms with Crippen LogP contribution in [0.15, 0.2) is 6.07 Å². The molecule has 4 aliphatic carbocycles. The third-order valence-electron chi connectivity index (χ3n) is 9.32. The number of benzene rings is 1. The van der Waals surface area contributed by atoms with Crippen molar-refractivity contribution in [2.75, 3.05) is 19.0 Å². The van der Waals surface area contributed by atoms with Gasteiger partial charge in [-0.2, -0.15) is 0 Å². The molecule has 4 N–H and O–H groups in total. The van der Waals surface area contributed by atoms with Gasteiger partial charge in [0.25, 0.3) is 0 Å². The second-order valence-corrected chi connectivity index (χ2v) is 12.2. The van der Waals surface area contributed by atoms with E-state index in [9.17, 15) is 34.2 Å². The van der Waals surface area contributed by atoms with Gasteiger partial charge in [0.2, 0.25) is 5.91 Å². The van der Waals surface area contributed by atoms with Crippen molar-refractivity contribution in [2.45, 2.75) is 63.9 Å². The molecule has 1 aromatic carbocycles. The molecular formula is C30H34N2O7. The summed E-state index contributed by atoms with van der Waals surface area (Å²) in [6, 6.07) is 1.76. The lowest BCUT2D eigenvalue weighted by Gasteiger charge is -2.48. The molecule has 206 valence electrons. The van der Waals surface area contributed by atoms with E-state index < -0.39 is 58.3 Å². The minimum Gasteiger partial charge on any atom is -0.506 e. The molecule has 0 heterocycles. The third-order valence-corrected chi connectivity index (χ3v) is 9.32. The summed E-state index contributed by atoms with van der Waals surface area (Å²) in [4.78, 5) is 67.0. The molecule has 3 fully saturated rings. The van der Waals surface area contributed by atoms with Crippen LogP contribution in [0.5, 0.6) is 5.75 Å². The van der Waals surface area contributed by atoms with Crippen LogP contribution in [0.25, 0.3) is 0 Å². The van der Waals surface area contributed by atoms with E-state index in [-0.39, 0.29) is 41.6 Å². The predicted molar refractivity (Wildman–Crippen MR) is 141 cm³/mol. The Labute approximate surface area is 227 Å². The van der Waals surface area contributed by atoms with Crippen LogP contribution in [0.2, 0.25) is 0 Å². The summed E-state index contributed by atoms with van der Waals surface area (Å²) in [5.74, 6) is -3.77. The van der Waals surface area contributed by atoms with E-state index in [2.05, 4.69) is 18.8 Å². The minimum absolute atomic E-state index is 0.0262. The Morgan fingerprint density at radius 3 is 2.36 bits per heavy atom. The summed E-state index contributed by atoms with van der Waals surface area (Å²) in [6.07, 6.45) is 5.18. The van der Waals surface area contributed by atoms with Crippen LogP contribution in [0.4, 0.5) is 5.69 Å². The maximum absolute atomic E-state index is 14.0. The molecule has 2 unspecified atom stereocenters. The van der Waals surface area contributed by atoms with Gasteiger partial charge < -0.3 is 20.8 Å². The number of ketones is 4. The summed E-state index contributed by atoms with van der Waals surface area (Å²) in [7, 11) is 3.63. The first kappa shape index (κ1) is 27.1. The first-order valence-electron chi connectivity index (χ1n) is 13.6. The summed E-state index contributed by atoms with van der Waals surface area (Å²) < 4.78 is 0. The summed E-state index contributed by atoms with van der Waals surface area (Å²) in [5.41, 5.74) is 3.91. The number of fused-ring (bicyclic) bond motifs is 3. The van der Waals surface area contributed by atoms with Gasteiger partial charge in [0.05, 0.1) is 17.0 Å². The van der Waals surface area contributed by atoms with E-state index in [1.807, 2.05) is 19.0 Å². The molecular weight excluding hydrogens is 500 g/mol. The molecule has 0 bridgehead atoms. The fourth-order valence-electron chi connectivity index (χ4n) is 7.18. The van der Waals surface area contributed by atoms with Crippen molar-refractivity contribution in [2.24, 2.45) is 34.8 Å². The minimum atomic E-state index is -2.66. The maximum atomic E-state index is 14.0. The third kappa shape index (κ3) is 4.08. The van der Waals surface area contributed by atoms with Crippen molar-refractivity contribution in [3.05, 3.63) is 22.8 Å². The molecule has 9 nitrogen and oxygen atoms in total. The SMILES string of the molecule is CN(C)c1cc(C#CC2(C)CCCCC2)c(O)c2c1C[C@H]1C[C@H]3CC(=O)C(C(N)=O)C(=O)[C@@]3(O)C(=O)C1C2=O. The average Bonchev–Trinajstić information content (AvgIpc) is 2.85. The topological polar surface area (TPSA) is 155 Å². The lowest BCUT2D eigenvalue weighted by atomic mass is 9.53. The Hall–Kier alpha value is -3.51. The first-order chi connectivity index (χ1) is 18.3. The second-order valence-electron chi connectivity index (χ2n) is 12.2. The van der Waals surface area contributed by atoms with Crippen molar-refractivity contribution >= 4 is 34.7 Å². The molecule has 39 heavy (non-hydrogen) atoms. The summed E-state index contributed by atoms with van der Waals surface area (Å²) >= 11 is 0. The Kier molecular flexibility index (Phi) is 6.46. The number of phenols is 1. The number of anilines is 1. The Morgan fingerprint density at radius 1 is 1.08 bits per heavy atom. The van der Waals surface area contributed by atoms with Gasteiger partial charge in [-0.25, -0.2) is 0 Å². The van der Waals surface area contributed by atoms with Crippen molar-refractivity contribution in [3.8, 4) is 17.6 Å². The van der Waals surface area contributed by atoms with Crippen LogP contribution in [-0.2, 0) is 25.6 Å². The number of carbonyl (C=O) groups excluding carboxylic acids is 5. The zero-order valence-corrected chi connectivity index (χ0v) is 22.5. The molecule has 3 saturated carbocycles. The zero-order chi connectivity index (χ0) is 28.4. The van der Waals surface area contributed by atoms with Gasteiger partial charge >= 0.3 is 0 Å². The number of aliphatic hydroxyl groups is 1. The fraction of sp³-hybridized carbons (Fsp3) is 0.567. The van der Waals surface area contributed by atoms with Crippen molar-refractivity contribution < 1.29 is 34.2 Å². The number of aromatic hydroxyl groups is 1. The number of hydrogen-bond donors (Lipinski definition) is 3. The van der Waals surface area contributed by atoms with Gasteiger partial charge in [0.1, 0.15) is 5.75 Å². The summed E-state index contributed by atoms with van der Waals surface area (Å²) in [6.45, 7) is 2.10. The monoisotopic (exact) mass is 534 g/mol. The van der Waals surface area contributed by atoms with Gasteiger partial charge in [-0.15, -0.1) is 0 Å². The molecule has 1 amide bonds. The van der Waals surface area contributed by atoms with Gasteiger partial charge in [-0.3, -0.25) is 24.0 Å². The van der Waals surface area contributed by atoms with Gasteiger partial charge in [0.15, 0.2) is 34.7 Å². The molecule has 0 spiro atoms. The molecule has 0 radical (unpaired) electrons.